The van der Waals surface area contributed by atoms with Crippen LogP contribution in [-0.2, 0) is 0 Å². The smallest absolute Gasteiger partial charge is 0.200 e. The SMILES string of the molecule is COc1ccc(/C=C/c2c(F)c(F)c(F)c(F)c2F)c(OC)c1. The lowest BCUT2D eigenvalue weighted by atomic mass is 10.1. The van der Waals surface area contributed by atoms with E-state index in [0.29, 0.717) is 17.1 Å². The van der Waals surface area contributed by atoms with Crippen molar-refractivity contribution in [3.63, 3.8) is 0 Å². The Morgan fingerprint density at radius 3 is 1.83 bits per heavy atom. The zero-order chi connectivity index (χ0) is 17.1. The summed E-state index contributed by atoms with van der Waals surface area (Å²) in [6.07, 6.45) is 1.97. The summed E-state index contributed by atoms with van der Waals surface area (Å²) < 4.78 is 76.5. The van der Waals surface area contributed by atoms with Crippen LogP contribution in [0.2, 0.25) is 0 Å². The molecule has 2 rings (SSSR count). The van der Waals surface area contributed by atoms with Crippen molar-refractivity contribution >= 4 is 12.2 Å². The number of halogens is 5. The van der Waals surface area contributed by atoms with Gasteiger partial charge in [-0.2, -0.15) is 0 Å². The number of rotatable bonds is 4. The van der Waals surface area contributed by atoms with E-state index < -0.39 is 34.6 Å². The van der Waals surface area contributed by atoms with E-state index in [9.17, 15) is 22.0 Å². The monoisotopic (exact) mass is 330 g/mol. The summed E-state index contributed by atoms with van der Waals surface area (Å²) in [6, 6.07) is 4.58. The summed E-state index contributed by atoms with van der Waals surface area (Å²) in [5.41, 5.74) is -0.656. The summed E-state index contributed by atoms with van der Waals surface area (Å²) in [6.45, 7) is 0. The summed E-state index contributed by atoms with van der Waals surface area (Å²) in [5.74, 6) is -9.19. The van der Waals surface area contributed by atoms with Gasteiger partial charge >= 0.3 is 0 Å². The fourth-order valence-corrected chi connectivity index (χ4v) is 1.90. The maximum absolute atomic E-state index is 13.6. The van der Waals surface area contributed by atoms with E-state index in [4.69, 9.17) is 9.47 Å². The van der Waals surface area contributed by atoms with Crippen LogP contribution in [-0.4, -0.2) is 14.2 Å². The third kappa shape index (κ3) is 3.13. The van der Waals surface area contributed by atoms with E-state index in [0.717, 1.165) is 6.08 Å². The summed E-state index contributed by atoms with van der Waals surface area (Å²) in [4.78, 5) is 0. The van der Waals surface area contributed by atoms with Crippen molar-refractivity contribution in [2.24, 2.45) is 0 Å². The average Bonchev–Trinajstić information content (AvgIpc) is 2.58. The molecule has 0 N–H and O–H groups in total. The van der Waals surface area contributed by atoms with Crippen LogP contribution in [0.4, 0.5) is 22.0 Å². The maximum Gasteiger partial charge on any atom is 0.200 e. The zero-order valence-corrected chi connectivity index (χ0v) is 12.1. The lowest BCUT2D eigenvalue weighted by Crippen LogP contribution is -2.03. The molecule has 0 aliphatic carbocycles. The van der Waals surface area contributed by atoms with Gasteiger partial charge < -0.3 is 9.47 Å². The van der Waals surface area contributed by atoms with E-state index in [1.807, 2.05) is 0 Å². The van der Waals surface area contributed by atoms with Crippen LogP contribution in [0.25, 0.3) is 12.2 Å². The van der Waals surface area contributed by atoms with Crippen LogP contribution < -0.4 is 9.47 Å². The van der Waals surface area contributed by atoms with Gasteiger partial charge in [0.25, 0.3) is 0 Å². The van der Waals surface area contributed by atoms with Gasteiger partial charge in [-0.3, -0.25) is 0 Å². The predicted molar refractivity (Wildman–Crippen MR) is 74.7 cm³/mol. The van der Waals surface area contributed by atoms with Crippen LogP contribution in [0.3, 0.4) is 0 Å². The van der Waals surface area contributed by atoms with E-state index in [1.165, 1.54) is 32.4 Å². The van der Waals surface area contributed by atoms with E-state index >= 15 is 0 Å². The second-order valence-electron chi connectivity index (χ2n) is 4.42. The summed E-state index contributed by atoms with van der Waals surface area (Å²) in [5, 5.41) is 0. The molecule has 0 spiro atoms. The molecule has 2 aromatic rings. The minimum atomic E-state index is -2.20. The van der Waals surface area contributed by atoms with Gasteiger partial charge in [-0.1, -0.05) is 6.08 Å². The average molecular weight is 330 g/mol. The van der Waals surface area contributed by atoms with Crippen molar-refractivity contribution in [3.8, 4) is 11.5 Å². The van der Waals surface area contributed by atoms with Crippen LogP contribution in [0.5, 0.6) is 11.5 Å². The number of methoxy groups -OCH3 is 2. The second kappa shape index (κ2) is 6.68. The van der Waals surface area contributed by atoms with Gasteiger partial charge in [0.15, 0.2) is 23.3 Å². The molecule has 2 aromatic carbocycles. The van der Waals surface area contributed by atoms with Crippen LogP contribution in [0.1, 0.15) is 11.1 Å². The third-order valence-corrected chi connectivity index (χ3v) is 3.11. The molecule has 23 heavy (non-hydrogen) atoms. The summed E-state index contributed by atoms with van der Waals surface area (Å²) in [7, 11) is 2.81. The molecule has 0 unspecified atom stereocenters. The highest BCUT2D eigenvalue weighted by Gasteiger charge is 2.24. The van der Waals surface area contributed by atoms with Crippen LogP contribution >= 0.6 is 0 Å². The van der Waals surface area contributed by atoms with E-state index in [1.54, 1.807) is 6.07 Å². The molecule has 0 saturated heterocycles. The van der Waals surface area contributed by atoms with Crippen LogP contribution in [0.15, 0.2) is 18.2 Å². The number of hydrogen-bond acceptors (Lipinski definition) is 2. The molecule has 0 bridgehead atoms. The van der Waals surface area contributed by atoms with Crippen molar-refractivity contribution in [3.05, 3.63) is 58.4 Å². The Kier molecular flexibility index (Phi) is 4.88. The minimum absolute atomic E-state index is 0.310. The van der Waals surface area contributed by atoms with Gasteiger partial charge in [-0.15, -0.1) is 0 Å². The topological polar surface area (TPSA) is 18.5 Å². The van der Waals surface area contributed by atoms with Gasteiger partial charge in [0.1, 0.15) is 11.5 Å². The predicted octanol–water partition coefficient (Wildman–Crippen LogP) is 4.57. The molecule has 0 radical (unpaired) electrons. The fraction of sp³-hybridized carbons (Fsp3) is 0.125. The second-order valence-corrected chi connectivity index (χ2v) is 4.42. The van der Waals surface area contributed by atoms with Crippen molar-refractivity contribution in [2.75, 3.05) is 14.2 Å². The first-order valence-electron chi connectivity index (χ1n) is 6.32. The highest BCUT2D eigenvalue weighted by Crippen LogP contribution is 2.28. The Hall–Kier alpha value is -2.57. The number of ether oxygens (including phenoxy) is 2. The van der Waals surface area contributed by atoms with Crippen molar-refractivity contribution < 1.29 is 31.4 Å². The Morgan fingerprint density at radius 1 is 0.739 bits per heavy atom. The molecular formula is C16H11F5O2. The normalized spacial score (nSPS) is 11.1. The molecule has 7 heteroatoms. The molecule has 0 saturated carbocycles. The minimum Gasteiger partial charge on any atom is -0.497 e. The zero-order valence-electron chi connectivity index (χ0n) is 12.1. The van der Waals surface area contributed by atoms with Gasteiger partial charge in [-0.25, -0.2) is 22.0 Å². The molecule has 0 aliphatic heterocycles. The van der Waals surface area contributed by atoms with E-state index in [-0.39, 0.29) is 0 Å². The van der Waals surface area contributed by atoms with Crippen molar-refractivity contribution in [1.82, 2.24) is 0 Å². The Balaban J connectivity index is 2.50. The molecule has 2 nitrogen and oxygen atoms in total. The van der Waals surface area contributed by atoms with Gasteiger partial charge in [-0.05, 0) is 18.2 Å². The molecule has 0 aliphatic rings. The fourth-order valence-electron chi connectivity index (χ4n) is 1.90. The molecular weight excluding hydrogens is 319 g/mol. The quantitative estimate of drug-likeness (QED) is 0.354. The molecule has 0 aromatic heterocycles. The first-order valence-corrected chi connectivity index (χ1v) is 6.32. The Morgan fingerprint density at radius 2 is 1.30 bits per heavy atom. The molecule has 0 atom stereocenters. The van der Waals surface area contributed by atoms with Gasteiger partial charge in [0, 0.05) is 11.6 Å². The number of benzene rings is 2. The van der Waals surface area contributed by atoms with Crippen molar-refractivity contribution in [1.29, 1.82) is 0 Å². The van der Waals surface area contributed by atoms with Gasteiger partial charge in [0.2, 0.25) is 5.82 Å². The largest absolute Gasteiger partial charge is 0.497 e. The lowest BCUT2D eigenvalue weighted by molar-refractivity contribution is 0.377. The maximum atomic E-state index is 13.6. The molecule has 0 amide bonds. The Labute approximate surface area is 128 Å². The van der Waals surface area contributed by atoms with Crippen LogP contribution in [0, 0.1) is 29.1 Å². The molecule has 122 valence electrons. The van der Waals surface area contributed by atoms with Crippen molar-refractivity contribution in [2.45, 2.75) is 0 Å². The first kappa shape index (κ1) is 16.8. The number of hydrogen-bond donors (Lipinski definition) is 0. The highest BCUT2D eigenvalue weighted by atomic mass is 19.2. The highest BCUT2D eigenvalue weighted by molar-refractivity contribution is 5.73. The summed E-state index contributed by atoms with van der Waals surface area (Å²) >= 11 is 0. The molecule has 0 heterocycles. The first-order chi connectivity index (χ1) is 10.9. The molecule has 0 fully saturated rings. The third-order valence-electron chi connectivity index (χ3n) is 3.11. The Bertz CT molecular complexity index is 743. The van der Waals surface area contributed by atoms with Gasteiger partial charge in [0.05, 0.1) is 19.8 Å². The lowest BCUT2D eigenvalue weighted by Gasteiger charge is -2.08. The van der Waals surface area contributed by atoms with E-state index in [2.05, 4.69) is 0 Å². The standard InChI is InChI=1S/C16H11F5O2/c1-22-9-5-3-8(11(7-9)23-2)4-6-10-12(17)14(19)16(21)15(20)13(10)18/h3-7H,1-2H3/b6-4+.